The zero-order chi connectivity index (χ0) is 10.0. The van der Waals surface area contributed by atoms with Crippen molar-refractivity contribution in [3.63, 3.8) is 0 Å². The Labute approximate surface area is 89.5 Å². The molecule has 78 valence electrons. The smallest absolute Gasteiger partial charge is 0.0302 e. The van der Waals surface area contributed by atoms with Crippen molar-refractivity contribution in [3.05, 3.63) is 21.9 Å². The zero-order valence-electron chi connectivity index (χ0n) is 8.68. The number of aryl methyl sites for hydroxylation is 1. The number of hydrogen-bond donors (Lipinski definition) is 2. The van der Waals surface area contributed by atoms with Gasteiger partial charge in [-0.25, -0.2) is 0 Å². The van der Waals surface area contributed by atoms with Crippen LogP contribution in [0.25, 0.3) is 0 Å². The monoisotopic (exact) mass is 210 g/mol. The molecule has 0 bridgehead atoms. The van der Waals surface area contributed by atoms with Crippen LogP contribution in [-0.4, -0.2) is 13.1 Å². The van der Waals surface area contributed by atoms with Crippen molar-refractivity contribution in [3.8, 4) is 0 Å². The molecule has 1 aliphatic rings. The molecule has 2 nitrogen and oxygen atoms in total. The fraction of sp³-hybridized carbons (Fsp3) is 0.636. The average Bonchev–Trinajstić information content (AvgIpc) is 2.86. The van der Waals surface area contributed by atoms with E-state index in [1.54, 1.807) is 0 Å². The molecule has 1 saturated carbocycles. The first-order valence-electron chi connectivity index (χ1n) is 5.19. The third kappa shape index (κ3) is 2.16. The molecule has 0 amide bonds. The number of hydrogen-bond acceptors (Lipinski definition) is 3. The molecule has 0 aliphatic heterocycles. The third-order valence-corrected chi connectivity index (χ3v) is 4.17. The van der Waals surface area contributed by atoms with Gasteiger partial charge in [-0.2, -0.15) is 0 Å². The van der Waals surface area contributed by atoms with E-state index in [-0.39, 0.29) is 0 Å². The van der Waals surface area contributed by atoms with Crippen molar-refractivity contribution in [1.82, 2.24) is 5.32 Å². The van der Waals surface area contributed by atoms with Gasteiger partial charge in [0.15, 0.2) is 0 Å². The maximum Gasteiger partial charge on any atom is 0.0302 e. The molecular formula is C11H18N2S. The Balaban J connectivity index is 1.76. The maximum absolute atomic E-state index is 5.72. The highest BCUT2D eigenvalue weighted by molar-refractivity contribution is 7.10. The number of nitrogens with two attached hydrogens (primary N) is 1. The van der Waals surface area contributed by atoms with Crippen molar-refractivity contribution in [2.75, 3.05) is 13.1 Å². The fourth-order valence-electron chi connectivity index (χ4n) is 1.66. The van der Waals surface area contributed by atoms with Gasteiger partial charge in [-0.3, -0.25) is 0 Å². The number of nitrogens with one attached hydrogen (secondary N) is 1. The minimum absolute atomic E-state index is 0.450. The Morgan fingerprint density at radius 2 is 2.36 bits per heavy atom. The van der Waals surface area contributed by atoms with Gasteiger partial charge in [0.1, 0.15) is 0 Å². The lowest BCUT2D eigenvalue weighted by atomic mass is 10.1. The van der Waals surface area contributed by atoms with Crippen LogP contribution < -0.4 is 11.1 Å². The van der Waals surface area contributed by atoms with Crippen LogP contribution in [0.5, 0.6) is 0 Å². The van der Waals surface area contributed by atoms with E-state index in [2.05, 4.69) is 23.7 Å². The first-order valence-corrected chi connectivity index (χ1v) is 6.07. The quantitative estimate of drug-likeness (QED) is 0.779. The Morgan fingerprint density at radius 3 is 2.86 bits per heavy atom. The summed E-state index contributed by atoms with van der Waals surface area (Å²) >= 11 is 1.83. The second-order valence-electron chi connectivity index (χ2n) is 4.33. The Kier molecular flexibility index (Phi) is 2.91. The summed E-state index contributed by atoms with van der Waals surface area (Å²) in [5.41, 5.74) is 7.57. The normalized spacial score (nSPS) is 18.4. The van der Waals surface area contributed by atoms with Crippen LogP contribution in [0, 0.1) is 12.3 Å². The van der Waals surface area contributed by atoms with Gasteiger partial charge in [0.2, 0.25) is 0 Å². The van der Waals surface area contributed by atoms with Gasteiger partial charge in [0.05, 0.1) is 0 Å². The lowest BCUT2D eigenvalue weighted by Gasteiger charge is -2.12. The van der Waals surface area contributed by atoms with Crippen molar-refractivity contribution in [2.45, 2.75) is 26.3 Å². The molecule has 14 heavy (non-hydrogen) atoms. The maximum atomic E-state index is 5.72. The minimum atomic E-state index is 0.450. The number of rotatable bonds is 5. The van der Waals surface area contributed by atoms with Gasteiger partial charge in [-0.15, -0.1) is 11.3 Å². The van der Waals surface area contributed by atoms with E-state index in [4.69, 9.17) is 5.73 Å². The van der Waals surface area contributed by atoms with Gasteiger partial charge in [-0.05, 0) is 48.7 Å². The fourth-order valence-corrected chi connectivity index (χ4v) is 2.53. The summed E-state index contributed by atoms with van der Waals surface area (Å²) in [7, 11) is 0. The van der Waals surface area contributed by atoms with Crippen molar-refractivity contribution < 1.29 is 0 Å². The molecule has 3 N–H and O–H groups in total. The molecule has 1 aliphatic carbocycles. The molecule has 0 aromatic carbocycles. The van der Waals surface area contributed by atoms with Crippen LogP contribution in [0.1, 0.15) is 23.3 Å². The molecule has 0 saturated heterocycles. The molecule has 0 radical (unpaired) electrons. The van der Waals surface area contributed by atoms with Gasteiger partial charge in [0.25, 0.3) is 0 Å². The summed E-state index contributed by atoms with van der Waals surface area (Å²) in [5.74, 6) is 0. The van der Waals surface area contributed by atoms with E-state index in [0.29, 0.717) is 5.41 Å². The van der Waals surface area contributed by atoms with Crippen LogP contribution in [0.4, 0.5) is 0 Å². The van der Waals surface area contributed by atoms with E-state index in [9.17, 15) is 0 Å². The second kappa shape index (κ2) is 4.01. The minimum Gasteiger partial charge on any atom is -0.330 e. The van der Waals surface area contributed by atoms with Crippen molar-refractivity contribution >= 4 is 11.3 Å². The standard InChI is InChI=1S/C11H18N2S/c1-9-2-5-14-10(9)6-13-8-11(7-12)3-4-11/h2,5,13H,3-4,6-8,12H2,1H3. The molecule has 1 fully saturated rings. The Morgan fingerprint density at radius 1 is 1.57 bits per heavy atom. The first kappa shape index (κ1) is 10.1. The topological polar surface area (TPSA) is 38.0 Å². The van der Waals surface area contributed by atoms with Gasteiger partial charge in [0, 0.05) is 18.0 Å². The molecule has 1 aromatic rings. The number of thiophene rings is 1. The van der Waals surface area contributed by atoms with Gasteiger partial charge in [-0.1, -0.05) is 0 Å². The molecule has 0 unspecified atom stereocenters. The Hall–Kier alpha value is -0.380. The summed E-state index contributed by atoms with van der Waals surface area (Å²) in [4.78, 5) is 1.46. The highest BCUT2D eigenvalue weighted by Gasteiger charge is 2.40. The predicted octanol–water partition coefficient (Wildman–Crippen LogP) is 1.89. The summed E-state index contributed by atoms with van der Waals surface area (Å²) in [5, 5.41) is 5.67. The predicted molar refractivity (Wildman–Crippen MR) is 61.5 cm³/mol. The molecule has 0 spiro atoms. The van der Waals surface area contributed by atoms with E-state index in [1.807, 2.05) is 11.3 Å². The van der Waals surface area contributed by atoms with Crippen LogP contribution >= 0.6 is 11.3 Å². The van der Waals surface area contributed by atoms with Crippen LogP contribution in [-0.2, 0) is 6.54 Å². The largest absolute Gasteiger partial charge is 0.330 e. The molecule has 1 heterocycles. The van der Waals surface area contributed by atoms with E-state index in [0.717, 1.165) is 19.6 Å². The lowest BCUT2D eigenvalue weighted by molar-refractivity contribution is 0.469. The third-order valence-electron chi connectivity index (χ3n) is 3.14. The molecule has 2 rings (SSSR count). The summed E-state index contributed by atoms with van der Waals surface area (Å²) in [6.45, 7) is 5.10. The molecule has 0 atom stereocenters. The van der Waals surface area contributed by atoms with Gasteiger partial charge >= 0.3 is 0 Å². The SMILES string of the molecule is Cc1ccsc1CNCC1(CN)CC1. The molecule has 1 aromatic heterocycles. The van der Waals surface area contributed by atoms with Crippen LogP contribution in [0.2, 0.25) is 0 Å². The van der Waals surface area contributed by atoms with Crippen LogP contribution in [0.3, 0.4) is 0 Å². The lowest BCUT2D eigenvalue weighted by Crippen LogP contribution is -2.29. The summed E-state index contributed by atoms with van der Waals surface area (Å²) < 4.78 is 0. The van der Waals surface area contributed by atoms with Crippen LogP contribution in [0.15, 0.2) is 11.4 Å². The molecule has 3 heteroatoms. The zero-order valence-corrected chi connectivity index (χ0v) is 9.49. The second-order valence-corrected chi connectivity index (χ2v) is 5.34. The van der Waals surface area contributed by atoms with E-state index >= 15 is 0 Å². The summed E-state index contributed by atoms with van der Waals surface area (Å²) in [6, 6.07) is 2.18. The first-order chi connectivity index (χ1) is 6.76. The highest BCUT2D eigenvalue weighted by Crippen LogP contribution is 2.43. The summed E-state index contributed by atoms with van der Waals surface area (Å²) in [6.07, 6.45) is 2.61. The Bertz CT molecular complexity index is 302. The van der Waals surface area contributed by atoms with Crippen molar-refractivity contribution in [2.24, 2.45) is 11.1 Å². The van der Waals surface area contributed by atoms with Gasteiger partial charge < -0.3 is 11.1 Å². The van der Waals surface area contributed by atoms with E-state index < -0.39 is 0 Å². The van der Waals surface area contributed by atoms with E-state index in [1.165, 1.54) is 23.3 Å². The van der Waals surface area contributed by atoms with Crippen molar-refractivity contribution in [1.29, 1.82) is 0 Å². The molecular weight excluding hydrogens is 192 g/mol. The average molecular weight is 210 g/mol. The highest BCUT2D eigenvalue weighted by atomic mass is 32.1.